The van der Waals surface area contributed by atoms with Crippen molar-refractivity contribution in [2.45, 2.75) is 19.4 Å². The molecule has 0 spiro atoms. The van der Waals surface area contributed by atoms with Gasteiger partial charge in [0.2, 0.25) is 0 Å². The molecule has 0 saturated carbocycles. The van der Waals surface area contributed by atoms with Crippen molar-refractivity contribution in [3.63, 3.8) is 0 Å². The first kappa shape index (κ1) is 13.1. The van der Waals surface area contributed by atoms with Crippen LogP contribution in [-0.2, 0) is 6.42 Å². The smallest absolute Gasteiger partial charge is 0.159 e. The number of hydrogen-bond acceptors (Lipinski definition) is 2. The zero-order chi connectivity index (χ0) is 12.0. The van der Waals surface area contributed by atoms with Gasteiger partial charge in [0.25, 0.3) is 0 Å². The number of rotatable bonds is 6. The second kappa shape index (κ2) is 6.55. The van der Waals surface area contributed by atoms with Gasteiger partial charge < -0.3 is 10.6 Å². The molecule has 0 bridgehead atoms. The molecule has 0 aliphatic carbocycles. The zero-order valence-electron chi connectivity index (χ0n) is 9.69. The predicted octanol–water partition coefficient (Wildman–Crippen LogP) is 1.70. The number of hydrogen-bond donors (Lipinski definition) is 2. The first-order chi connectivity index (χ1) is 7.63. The molecule has 1 aromatic carbocycles. The molecule has 0 aliphatic rings. The Labute approximate surface area is 95.1 Å². The largest absolute Gasteiger partial charge is 0.318 e. The van der Waals surface area contributed by atoms with Gasteiger partial charge in [0.1, 0.15) is 0 Å². The van der Waals surface area contributed by atoms with E-state index >= 15 is 0 Å². The summed E-state index contributed by atoms with van der Waals surface area (Å²) in [5, 5.41) is 6.35. The lowest BCUT2D eigenvalue weighted by Gasteiger charge is -2.12. The van der Waals surface area contributed by atoms with E-state index in [1.165, 1.54) is 12.1 Å². The highest BCUT2D eigenvalue weighted by Crippen LogP contribution is 2.08. The van der Waals surface area contributed by atoms with Crippen molar-refractivity contribution in [2.75, 3.05) is 20.1 Å². The number of benzene rings is 1. The summed E-state index contributed by atoms with van der Waals surface area (Å²) in [5.41, 5.74) is 0.808. The fourth-order valence-electron chi connectivity index (χ4n) is 1.54. The van der Waals surface area contributed by atoms with Crippen LogP contribution in [-0.4, -0.2) is 26.2 Å². The predicted molar refractivity (Wildman–Crippen MR) is 61.5 cm³/mol. The highest BCUT2D eigenvalue weighted by molar-refractivity contribution is 5.18. The fourth-order valence-corrected chi connectivity index (χ4v) is 1.54. The minimum atomic E-state index is -0.791. The maximum Gasteiger partial charge on any atom is 0.159 e. The molecule has 0 heterocycles. The Balaban J connectivity index is 2.34. The molecule has 1 rings (SSSR count). The first-order valence-corrected chi connectivity index (χ1v) is 5.45. The molecule has 0 amide bonds. The van der Waals surface area contributed by atoms with Crippen LogP contribution >= 0.6 is 0 Å². The Bertz CT molecular complexity index is 329. The molecule has 0 saturated heterocycles. The second-order valence-electron chi connectivity index (χ2n) is 3.91. The molecular formula is C12H18F2N2. The Morgan fingerprint density at radius 1 is 1.25 bits per heavy atom. The maximum atomic E-state index is 12.9. The molecule has 0 aromatic heterocycles. The van der Waals surface area contributed by atoms with E-state index in [4.69, 9.17) is 0 Å². The zero-order valence-corrected chi connectivity index (χ0v) is 9.69. The van der Waals surface area contributed by atoms with E-state index in [9.17, 15) is 8.78 Å². The van der Waals surface area contributed by atoms with E-state index < -0.39 is 11.6 Å². The summed E-state index contributed by atoms with van der Waals surface area (Å²) in [6, 6.07) is 4.40. The molecule has 0 fully saturated rings. The lowest BCUT2D eigenvalue weighted by Crippen LogP contribution is -2.35. The van der Waals surface area contributed by atoms with Crippen LogP contribution in [0.3, 0.4) is 0 Å². The standard InChI is InChI=1S/C12H18F2N2/c1-9(8-15-2)16-6-5-10-3-4-11(13)12(14)7-10/h3-4,7,9,15-16H,5-6,8H2,1-2H3. The Kier molecular flexibility index (Phi) is 5.35. The van der Waals surface area contributed by atoms with Gasteiger partial charge in [-0.3, -0.25) is 0 Å². The summed E-state index contributed by atoms with van der Waals surface area (Å²) < 4.78 is 25.5. The maximum absolute atomic E-state index is 12.9. The Morgan fingerprint density at radius 2 is 2.00 bits per heavy atom. The van der Waals surface area contributed by atoms with E-state index in [-0.39, 0.29) is 0 Å². The Hall–Kier alpha value is -1.00. The molecule has 2 N–H and O–H groups in total. The summed E-state index contributed by atoms with van der Waals surface area (Å²) in [7, 11) is 1.90. The number of likely N-dealkylation sites (N-methyl/N-ethyl adjacent to an activating group) is 1. The van der Waals surface area contributed by atoms with Gasteiger partial charge in [0, 0.05) is 12.6 Å². The summed E-state index contributed by atoms with van der Waals surface area (Å²) in [6.45, 7) is 3.72. The number of nitrogens with one attached hydrogen (secondary N) is 2. The lowest BCUT2D eigenvalue weighted by atomic mass is 10.1. The van der Waals surface area contributed by atoms with Gasteiger partial charge in [-0.25, -0.2) is 8.78 Å². The van der Waals surface area contributed by atoms with Crippen LogP contribution in [0.2, 0.25) is 0 Å². The summed E-state index contributed by atoms with van der Waals surface area (Å²) in [5.74, 6) is -1.57. The SMILES string of the molecule is CNCC(C)NCCc1ccc(F)c(F)c1. The summed E-state index contributed by atoms with van der Waals surface area (Å²) >= 11 is 0. The molecule has 1 unspecified atom stereocenters. The quantitative estimate of drug-likeness (QED) is 0.774. The van der Waals surface area contributed by atoms with E-state index in [2.05, 4.69) is 17.6 Å². The molecule has 2 nitrogen and oxygen atoms in total. The van der Waals surface area contributed by atoms with Crippen molar-refractivity contribution in [3.8, 4) is 0 Å². The fraction of sp³-hybridized carbons (Fsp3) is 0.500. The lowest BCUT2D eigenvalue weighted by molar-refractivity contribution is 0.504. The second-order valence-corrected chi connectivity index (χ2v) is 3.91. The van der Waals surface area contributed by atoms with Crippen molar-refractivity contribution >= 4 is 0 Å². The van der Waals surface area contributed by atoms with Crippen LogP contribution in [0.25, 0.3) is 0 Å². The number of halogens is 2. The van der Waals surface area contributed by atoms with Gasteiger partial charge in [0.05, 0.1) is 0 Å². The van der Waals surface area contributed by atoms with Gasteiger partial charge in [-0.1, -0.05) is 6.07 Å². The van der Waals surface area contributed by atoms with E-state index in [1.54, 1.807) is 6.07 Å². The van der Waals surface area contributed by atoms with Crippen LogP contribution in [0.15, 0.2) is 18.2 Å². The van der Waals surface area contributed by atoms with E-state index in [0.717, 1.165) is 18.7 Å². The topological polar surface area (TPSA) is 24.1 Å². The normalized spacial score (nSPS) is 12.8. The highest BCUT2D eigenvalue weighted by atomic mass is 19.2. The van der Waals surface area contributed by atoms with E-state index in [1.807, 2.05) is 7.05 Å². The first-order valence-electron chi connectivity index (χ1n) is 5.45. The summed E-state index contributed by atoms with van der Waals surface area (Å²) in [4.78, 5) is 0. The monoisotopic (exact) mass is 228 g/mol. The van der Waals surface area contributed by atoms with Crippen LogP contribution in [0, 0.1) is 11.6 Å². The highest BCUT2D eigenvalue weighted by Gasteiger charge is 2.03. The molecule has 16 heavy (non-hydrogen) atoms. The van der Waals surface area contributed by atoms with Crippen molar-refractivity contribution < 1.29 is 8.78 Å². The average molecular weight is 228 g/mol. The third-order valence-corrected chi connectivity index (χ3v) is 2.40. The van der Waals surface area contributed by atoms with Crippen molar-refractivity contribution in [2.24, 2.45) is 0 Å². The average Bonchev–Trinajstić information content (AvgIpc) is 2.24. The molecule has 90 valence electrons. The van der Waals surface area contributed by atoms with Crippen LogP contribution in [0.4, 0.5) is 8.78 Å². The minimum absolute atomic E-state index is 0.371. The summed E-state index contributed by atoms with van der Waals surface area (Å²) in [6.07, 6.45) is 0.700. The van der Waals surface area contributed by atoms with Crippen molar-refractivity contribution in [1.82, 2.24) is 10.6 Å². The van der Waals surface area contributed by atoms with Crippen LogP contribution in [0.1, 0.15) is 12.5 Å². The van der Waals surface area contributed by atoms with Gasteiger partial charge in [-0.15, -0.1) is 0 Å². The third kappa shape index (κ3) is 4.24. The van der Waals surface area contributed by atoms with E-state index in [0.29, 0.717) is 12.5 Å². The third-order valence-electron chi connectivity index (χ3n) is 2.40. The molecule has 0 aliphatic heterocycles. The molecule has 0 radical (unpaired) electrons. The van der Waals surface area contributed by atoms with Crippen molar-refractivity contribution in [1.29, 1.82) is 0 Å². The molecular weight excluding hydrogens is 210 g/mol. The molecule has 4 heteroatoms. The van der Waals surface area contributed by atoms with Crippen molar-refractivity contribution in [3.05, 3.63) is 35.4 Å². The van der Waals surface area contributed by atoms with Gasteiger partial charge in [-0.05, 0) is 44.6 Å². The molecule has 1 aromatic rings. The van der Waals surface area contributed by atoms with Gasteiger partial charge >= 0.3 is 0 Å². The molecule has 1 atom stereocenters. The van der Waals surface area contributed by atoms with Gasteiger partial charge in [0.15, 0.2) is 11.6 Å². The Morgan fingerprint density at radius 3 is 2.62 bits per heavy atom. The van der Waals surface area contributed by atoms with Crippen LogP contribution < -0.4 is 10.6 Å². The van der Waals surface area contributed by atoms with Gasteiger partial charge in [-0.2, -0.15) is 0 Å². The van der Waals surface area contributed by atoms with Crippen LogP contribution in [0.5, 0.6) is 0 Å². The minimum Gasteiger partial charge on any atom is -0.318 e.